The molecule has 3 unspecified atom stereocenters. The molecule has 2 aromatic rings. The number of carbonyl (C=O) groups excluding carboxylic acids is 4. The maximum atomic E-state index is 14.4. The molecule has 3 amide bonds. The highest BCUT2D eigenvalue weighted by atomic mass is 32.2. The second kappa shape index (κ2) is 17.6. The number of esters is 1. The normalized spacial score (nSPS) is 13.4. The Morgan fingerprint density at radius 1 is 0.891 bits per heavy atom. The summed E-state index contributed by atoms with van der Waals surface area (Å²) in [7, 11) is 0. The summed E-state index contributed by atoms with van der Waals surface area (Å²) in [4.78, 5) is 56.3. The van der Waals surface area contributed by atoms with E-state index in [9.17, 15) is 19.2 Å². The fourth-order valence-electron chi connectivity index (χ4n) is 4.60. The third-order valence-corrected chi connectivity index (χ3v) is 7.17. The van der Waals surface area contributed by atoms with Gasteiger partial charge in [-0.2, -0.15) is 11.8 Å². The Bertz CT molecular complexity index is 1350. The number of hydrogen-bond acceptors (Lipinski definition) is 7. The fraction of sp³-hybridized carbons (Fsp3) is 0.444. The van der Waals surface area contributed by atoms with Crippen molar-refractivity contribution in [3.8, 4) is 0 Å². The van der Waals surface area contributed by atoms with Crippen molar-refractivity contribution in [1.82, 2.24) is 15.5 Å². The molecular formula is C36H49N3O6S. The predicted molar refractivity (Wildman–Crippen MR) is 185 cm³/mol. The minimum Gasteiger partial charge on any atom is -0.458 e. The minimum absolute atomic E-state index is 0.0171. The maximum absolute atomic E-state index is 14.4. The van der Waals surface area contributed by atoms with Gasteiger partial charge >= 0.3 is 12.1 Å². The Morgan fingerprint density at radius 2 is 1.54 bits per heavy atom. The van der Waals surface area contributed by atoms with Gasteiger partial charge in [0.2, 0.25) is 11.8 Å². The summed E-state index contributed by atoms with van der Waals surface area (Å²) in [5, 5.41) is 5.60. The van der Waals surface area contributed by atoms with E-state index < -0.39 is 53.2 Å². The fourth-order valence-corrected chi connectivity index (χ4v) is 5.07. The molecule has 10 heteroatoms. The highest BCUT2D eigenvalue weighted by Gasteiger charge is 2.38. The third kappa shape index (κ3) is 12.7. The van der Waals surface area contributed by atoms with Crippen molar-refractivity contribution < 1.29 is 28.7 Å². The molecule has 0 aliphatic heterocycles. The lowest BCUT2D eigenvalue weighted by Gasteiger charge is -2.35. The summed E-state index contributed by atoms with van der Waals surface area (Å²) in [6.07, 6.45) is 4.78. The van der Waals surface area contributed by atoms with Gasteiger partial charge in [0.1, 0.15) is 29.3 Å². The van der Waals surface area contributed by atoms with Gasteiger partial charge in [0.15, 0.2) is 0 Å². The third-order valence-electron chi connectivity index (χ3n) is 6.52. The van der Waals surface area contributed by atoms with Crippen molar-refractivity contribution in [2.24, 2.45) is 0 Å². The standard InChI is InChI=1S/C36H49N3O6S/c1-10-21-39(32(41)28(20-22-46-9)38-34(43)45-36(6,7)8)30(27-19-15-18-25(11-2)23-27)31(40)37-29(33(42)44-35(3,4)5)24-26-16-13-12-14-17-26/h10-19,23,28-30H,1-2,20-22,24H2,3-9H3,(H,37,40)(H,38,43). The highest BCUT2D eigenvalue weighted by molar-refractivity contribution is 7.98. The number of nitrogens with one attached hydrogen (secondary N) is 2. The van der Waals surface area contributed by atoms with E-state index in [0.717, 1.165) is 11.1 Å². The first-order valence-corrected chi connectivity index (χ1v) is 16.7. The Labute approximate surface area is 278 Å². The van der Waals surface area contributed by atoms with E-state index in [1.54, 1.807) is 65.8 Å². The van der Waals surface area contributed by atoms with E-state index in [-0.39, 0.29) is 13.0 Å². The van der Waals surface area contributed by atoms with Gasteiger partial charge in [-0.1, -0.05) is 67.3 Å². The van der Waals surface area contributed by atoms with Crippen LogP contribution in [-0.2, 0) is 30.3 Å². The highest BCUT2D eigenvalue weighted by Crippen LogP contribution is 2.26. The molecule has 3 atom stereocenters. The Morgan fingerprint density at radius 3 is 2.11 bits per heavy atom. The first-order valence-electron chi connectivity index (χ1n) is 15.3. The molecule has 0 spiro atoms. The van der Waals surface area contributed by atoms with Crippen LogP contribution in [0.4, 0.5) is 4.79 Å². The van der Waals surface area contributed by atoms with E-state index in [1.807, 2.05) is 42.7 Å². The molecule has 0 aromatic heterocycles. The minimum atomic E-state index is -1.19. The molecule has 0 radical (unpaired) electrons. The number of hydrogen-bond donors (Lipinski definition) is 2. The van der Waals surface area contributed by atoms with E-state index in [1.165, 1.54) is 22.7 Å². The summed E-state index contributed by atoms with van der Waals surface area (Å²) in [5.41, 5.74) is 0.480. The van der Waals surface area contributed by atoms with E-state index in [2.05, 4.69) is 23.8 Å². The monoisotopic (exact) mass is 651 g/mol. The van der Waals surface area contributed by atoms with Crippen molar-refractivity contribution in [1.29, 1.82) is 0 Å². The quantitative estimate of drug-likeness (QED) is 0.177. The number of thioether (sulfide) groups is 1. The molecule has 0 aliphatic rings. The van der Waals surface area contributed by atoms with Crippen LogP contribution >= 0.6 is 11.8 Å². The SMILES string of the molecule is C=CCN(C(=O)C(CCSC)NC(=O)OC(C)(C)C)C(C(=O)NC(Cc1ccccc1)C(=O)OC(C)(C)C)c1cccc(C=C)c1. The topological polar surface area (TPSA) is 114 Å². The number of benzene rings is 2. The first-order chi connectivity index (χ1) is 21.6. The van der Waals surface area contributed by atoms with Gasteiger partial charge in [-0.3, -0.25) is 9.59 Å². The second-order valence-corrected chi connectivity index (χ2v) is 13.8. The van der Waals surface area contributed by atoms with Crippen molar-refractivity contribution in [2.45, 2.75) is 83.7 Å². The van der Waals surface area contributed by atoms with Gasteiger partial charge < -0.3 is 25.0 Å². The lowest BCUT2D eigenvalue weighted by molar-refractivity contribution is -0.159. The molecule has 0 bridgehead atoms. The summed E-state index contributed by atoms with van der Waals surface area (Å²) in [6.45, 7) is 18.1. The average molecular weight is 652 g/mol. The molecule has 250 valence electrons. The zero-order chi connectivity index (χ0) is 34.5. The number of alkyl carbamates (subject to hydrolysis) is 1. The summed E-state index contributed by atoms with van der Waals surface area (Å²) < 4.78 is 11.1. The second-order valence-electron chi connectivity index (χ2n) is 12.8. The van der Waals surface area contributed by atoms with Crippen LogP contribution in [0.25, 0.3) is 6.08 Å². The number of amides is 3. The van der Waals surface area contributed by atoms with E-state index >= 15 is 0 Å². The molecule has 0 saturated carbocycles. The largest absolute Gasteiger partial charge is 0.458 e. The zero-order valence-electron chi connectivity index (χ0n) is 28.1. The summed E-state index contributed by atoms with van der Waals surface area (Å²) in [5.74, 6) is -1.13. The maximum Gasteiger partial charge on any atom is 0.408 e. The van der Waals surface area contributed by atoms with Gasteiger partial charge in [-0.05, 0) is 82.7 Å². The van der Waals surface area contributed by atoms with Crippen LogP contribution in [0.1, 0.15) is 70.7 Å². The smallest absolute Gasteiger partial charge is 0.408 e. The lowest BCUT2D eigenvalue weighted by atomic mass is 9.99. The molecule has 0 fully saturated rings. The van der Waals surface area contributed by atoms with Crippen molar-refractivity contribution >= 4 is 41.7 Å². The Balaban J connectivity index is 2.61. The van der Waals surface area contributed by atoms with Crippen molar-refractivity contribution in [3.05, 3.63) is 90.5 Å². The average Bonchev–Trinajstić information content (AvgIpc) is 2.97. The van der Waals surface area contributed by atoms with Crippen LogP contribution in [-0.4, -0.2) is 70.6 Å². The van der Waals surface area contributed by atoms with Gasteiger partial charge in [0, 0.05) is 13.0 Å². The Kier molecular flexibility index (Phi) is 14.6. The van der Waals surface area contributed by atoms with Crippen LogP contribution in [0.2, 0.25) is 0 Å². The first kappa shape index (κ1) is 38.1. The number of rotatable bonds is 15. The van der Waals surface area contributed by atoms with Crippen LogP contribution in [0, 0.1) is 0 Å². The molecule has 9 nitrogen and oxygen atoms in total. The molecule has 2 aromatic carbocycles. The molecule has 2 rings (SSSR count). The molecule has 2 N–H and O–H groups in total. The molecule has 0 aliphatic carbocycles. The van der Waals surface area contributed by atoms with Crippen LogP contribution in [0.5, 0.6) is 0 Å². The molecule has 46 heavy (non-hydrogen) atoms. The zero-order valence-corrected chi connectivity index (χ0v) is 28.9. The lowest BCUT2D eigenvalue weighted by Crippen LogP contribution is -2.55. The van der Waals surface area contributed by atoms with Crippen LogP contribution < -0.4 is 10.6 Å². The number of carbonyl (C=O) groups is 4. The van der Waals surface area contributed by atoms with Gasteiger partial charge in [-0.25, -0.2) is 9.59 Å². The predicted octanol–water partition coefficient (Wildman–Crippen LogP) is 6.10. The summed E-state index contributed by atoms with van der Waals surface area (Å²) in [6, 6.07) is 13.1. The Hall–Kier alpha value is -4.05. The van der Waals surface area contributed by atoms with E-state index in [4.69, 9.17) is 9.47 Å². The molecule has 0 heterocycles. The number of ether oxygens (including phenoxy) is 2. The van der Waals surface area contributed by atoms with Gasteiger partial charge in [-0.15, -0.1) is 6.58 Å². The van der Waals surface area contributed by atoms with Crippen LogP contribution in [0.15, 0.2) is 73.8 Å². The molecule has 0 saturated heterocycles. The van der Waals surface area contributed by atoms with Crippen molar-refractivity contribution in [2.75, 3.05) is 18.6 Å². The van der Waals surface area contributed by atoms with Crippen LogP contribution in [0.3, 0.4) is 0 Å². The van der Waals surface area contributed by atoms with E-state index in [0.29, 0.717) is 17.7 Å². The molecular weight excluding hydrogens is 602 g/mol. The summed E-state index contributed by atoms with van der Waals surface area (Å²) >= 11 is 1.52. The van der Waals surface area contributed by atoms with Gasteiger partial charge in [0.05, 0.1) is 0 Å². The number of nitrogens with zero attached hydrogens (tertiary/aromatic N) is 1. The van der Waals surface area contributed by atoms with Crippen molar-refractivity contribution in [3.63, 3.8) is 0 Å². The van der Waals surface area contributed by atoms with Gasteiger partial charge in [0.25, 0.3) is 0 Å².